The minimum atomic E-state index is -0.757. The first kappa shape index (κ1) is 14.8. The van der Waals surface area contributed by atoms with Gasteiger partial charge in [-0.25, -0.2) is 4.39 Å². The number of nitrogens with one attached hydrogen (secondary N) is 1. The van der Waals surface area contributed by atoms with Gasteiger partial charge in [-0.2, -0.15) is 10.5 Å². The van der Waals surface area contributed by atoms with Gasteiger partial charge in [0.25, 0.3) is 5.56 Å². The molecule has 0 saturated heterocycles. The van der Waals surface area contributed by atoms with Crippen molar-refractivity contribution in [3.63, 3.8) is 0 Å². The summed E-state index contributed by atoms with van der Waals surface area (Å²) in [6, 6.07) is 7.75. The largest absolute Gasteiger partial charge is 0.384 e. The van der Waals surface area contributed by atoms with Crippen LogP contribution < -0.4 is 11.3 Å². The summed E-state index contributed by atoms with van der Waals surface area (Å²) in [6.07, 6.45) is 0. The second kappa shape index (κ2) is 5.78. The summed E-state index contributed by atoms with van der Waals surface area (Å²) in [5.74, 6) is -0.835. The number of nitrogens with zero attached hydrogens (tertiary/aromatic N) is 2. The molecular weight excluding hydrogens is 339 g/mol. The van der Waals surface area contributed by atoms with Crippen molar-refractivity contribution in [3.05, 3.63) is 51.1 Å². The Balaban J connectivity index is 2.96. The van der Waals surface area contributed by atoms with Crippen molar-refractivity contribution in [1.82, 2.24) is 4.98 Å². The molecule has 0 radical (unpaired) electrons. The molecular formula is C14H8BrFN4O. The minimum Gasteiger partial charge on any atom is -0.384 e. The van der Waals surface area contributed by atoms with Crippen LogP contribution in [0.1, 0.15) is 16.7 Å². The van der Waals surface area contributed by atoms with Crippen molar-refractivity contribution in [2.24, 2.45) is 0 Å². The fourth-order valence-corrected chi connectivity index (χ4v) is 2.31. The summed E-state index contributed by atoms with van der Waals surface area (Å²) >= 11 is 3.24. The van der Waals surface area contributed by atoms with E-state index in [1.54, 1.807) is 18.2 Å². The van der Waals surface area contributed by atoms with Crippen LogP contribution in [0.15, 0.2) is 23.0 Å². The summed E-state index contributed by atoms with van der Waals surface area (Å²) < 4.78 is 14.1. The van der Waals surface area contributed by atoms with Gasteiger partial charge in [0.2, 0.25) is 0 Å². The lowest BCUT2D eigenvalue weighted by Gasteiger charge is -2.10. The van der Waals surface area contributed by atoms with E-state index >= 15 is 0 Å². The van der Waals surface area contributed by atoms with Crippen molar-refractivity contribution >= 4 is 21.7 Å². The first-order valence-electron chi connectivity index (χ1n) is 5.74. The number of nitriles is 2. The number of pyridine rings is 1. The number of aromatic amines is 1. The zero-order chi connectivity index (χ0) is 15.6. The fraction of sp³-hybridized carbons (Fsp3) is 0.0714. The van der Waals surface area contributed by atoms with Gasteiger partial charge in [-0.15, -0.1) is 0 Å². The van der Waals surface area contributed by atoms with E-state index in [9.17, 15) is 14.4 Å². The number of rotatable bonds is 2. The summed E-state index contributed by atoms with van der Waals surface area (Å²) in [4.78, 5) is 14.0. The minimum absolute atomic E-state index is 0.00199. The predicted molar refractivity (Wildman–Crippen MR) is 78.9 cm³/mol. The molecule has 0 amide bonds. The van der Waals surface area contributed by atoms with Crippen LogP contribution in [0, 0.1) is 28.5 Å². The van der Waals surface area contributed by atoms with Crippen LogP contribution in [-0.4, -0.2) is 4.98 Å². The molecule has 0 aliphatic heterocycles. The Morgan fingerprint density at radius 3 is 2.52 bits per heavy atom. The van der Waals surface area contributed by atoms with Crippen molar-refractivity contribution < 1.29 is 4.39 Å². The van der Waals surface area contributed by atoms with Crippen molar-refractivity contribution in [1.29, 1.82) is 10.5 Å². The Labute approximate surface area is 127 Å². The van der Waals surface area contributed by atoms with Gasteiger partial charge in [0.15, 0.2) is 0 Å². The normalized spacial score (nSPS) is 9.90. The molecule has 0 spiro atoms. The van der Waals surface area contributed by atoms with Crippen LogP contribution in [0.5, 0.6) is 0 Å². The van der Waals surface area contributed by atoms with E-state index in [-0.39, 0.29) is 28.1 Å². The highest BCUT2D eigenvalue weighted by Crippen LogP contribution is 2.31. The van der Waals surface area contributed by atoms with Gasteiger partial charge >= 0.3 is 0 Å². The van der Waals surface area contributed by atoms with Gasteiger partial charge in [0.05, 0.1) is 0 Å². The molecule has 2 rings (SSSR count). The summed E-state index contributed by atoms with van der Waals surface area (Å²) in [7, 11) is 0. The zero-order valence-electron chi connectivity index (χ0n) is 10.6. The number of anilines is 1. The summed E-state index contributed by atoms with van der Waals surface area (Å²) in [6.45, 7) is 0. The number of benzene rings is 1. The molecule has 0 atom stereocenters. The maximum Gasteiger partial charge on any atom is 0.268 e. The van der Waals surface area contributed by atoms with E-state index in [0.29, 0.717) is 5.33 Å². The molecule has 0 fully saturated rings. The van der Waals surface area contributed by atoms with Crippen LogP contribution >= 0.6 is 15.9 Å². The zero-order valence-corrected chi connectivity index (χ0v) is 12.2. The topological polar surface area (TPSA) is 106 Å². The number of hydrogen-bond acceptors (Lipinski definition) is 4. The average molecular weight is 347 g/mol. The van der Waals surface area contributed by atoms with Gasteiger partial charge in [0.1, 0.15) is 34.9 Å². The maximum absolute atomic E-state index is 14.1. The van der Waals surface area contributed by atoms with Crippen LogP contribution in [0.25, 0.3) is 11.1 Å². The molecule has 1 aromatic carbocycles. The Morgan fingerprint density at radius 1 is 1.29 bits per heavy atom. The Kier molecular flexibility index (Phi) is 4.06. The van der Waals surface area contributed by atoms with Crippen LogP contribution in [0.2, 0.25) is 0 Å². The third-order valence-electron chi connectivity index (χ3n) is 2.92. The van der Waals surface area contributed by atoms with Gasteiger partial charge in [0, 0.05) is 16.5 Å². The van der Waals surface area contributed by atoms with Crippen LogP contribution in [0.3, 0.4) is 0 Å². The van der Waals surface area contributed by atoms with Crippen molar-refractivity contribution in [3.8, 4) is 23.3 Å². The highest BCUT2D eigenvalue weighted by atomic mass is 79.9. The lowest BCUT2D eigenvalue weighted by molar-refractivity contribution is 0.630. The number of aromatic nitrogens is 1. The maximum atomic E-state index is 14.1. The third-order valence-corrected chi connectivity index (χ3v) is 3.57. The Bertz CT molecular complexity index is 861. The molecule has 104 valence electrons. The number of nitrogen functional groups attached to an aromatic ring is 1. The highest BCUT2D eigenvalue weighted by Gasteiger charge is 2.20. The van der Waals surface area contributed by atoms with Gasteiger partial charge in [-0.05, 0) is 17.7 Å². The monoisotopic (exact) mass is 346 g/mol. The molecule has 2 aromatic rings. The second-order valence-electron chi connectivity index (χ2n) is 4.16. The standard InChI is InChI=1S/C14H8BrFN4O/c15-4-7-1-2-11(16)8(3-7)12-9(5-17)13(19)20-14(21)10(12)6-18/h1-3H,4H2,(H3,19,20,21). The lowest BCUT2D eigenvalue weighted by atomic mass is 9.95. The van der Waals surface area contributed by atoms with Crippen molar-refractivity contribution in [2.45, 2.75) is 5.33 Å². The molecule has 1 aromatic heterocycles. The second-order valence-corrected chi connectivity index (χ2v) is 4.72. The number of nitrogens with two attached hydrogens (primary N) is 1. The molecule has 21 heavy (non-hydrogen) atoms. The molecule has 0 aliphatic rings. The lowest BCUT2D eigenvalue weighted by Crippen LogP contribution is -2.16. The fourth-order valence-electron chi connectivity index (χ4n) is 1.96. The molecule has 0 unspecified atom stereocenters. The predicted octanol–water partition coefficient (Wildman–Crippen LogP) is 2.40. The average Bonchev–Trinajstić information content (AvgIpc) is 2.47. The Hall–Kier alpha value is -2.64. The van der Waals surface area contributed by atoms with E-state index < -0.39 is 11.4 Å². The van der Waals surface area contributed by atoms with Crippen LogP contribution in [-0.2, 0) is 5.33 Å². The number of halogens is 2. The smallest absolute Gasteiger partial charge is 0.268 e. The van der Waals surface area contributed by atoms with E-state index in [1.807, 2.05) is 0 Å². The quantitative estimate of drug-likeness (QED) is 0.814. The SMILES string of the molecule is N#Cc1c(N)[nH]c(=O)c(C#N)c1-c1cc(CBr)ccc1F. The van der Waals surface area contributed by atoms with E-state index in [4.69, 9.17) is 11.0 Å². The van der Waals surface area contributed by atoms with Gasteiger partial charge in [-0.3, -0.25) is 4.79 Å². The van der Waals surface area contributed by atoms with Gasteiger partial charge < -0.3 is 10.7 Å². The van der Waals surface area contributed by atoms with E-state index in [1.165, 1.54) is 12.1 Å². The van der Waals surface area contributed by atoms with E-state index in [2.05, 4.69) is 20.9 Å². The van der Waals surface area contributed by atoms with Crippen molar-refractivity contribution in [2.75, 3.05) is 5.73 Å². The first-order chi connectivity index (χ1) is 10.0. The summed E-state index contributed by atoms with van der Waals surface area (Å²) in [5, 5.41) is 18.8. The molecule has 0 bridgehead atoms. The van der Waals surface area contributed by atoms with Gasteiger partial charge in [-0.1, -0.05) is 22.0 Å². The first-order valence-corrected chi connectivity index (χ1v) is 6.86. The number of hydrogen-bond donors (Lipinski definition) is 2. The molecule has 0 saturated carbocycles. The number of alkyl halides is 1. The third kappa shape index (κ3) is 2.51. The van der Waals surface area contributed by atoms with Crippen LogP contribution in [0.4, 0.5) is 10.2 Å². The number of H-pyrrole nitrogens is 1. The molecule has 3 N–H and O–H groups in total. The Morgan fingerprint density at radius 2 is 1.95 bits per heavy atom. The van der Waals surface area contributed by atoms with E-state index in [0.717, 1.165) is 5.56 Å². The molecule has 1 heterocycles. The highest BCUT2D eigenvalue weighted by molar-refractivity contribution is 9.08. The molecule has 5 nitrogen and oxygen atoms in total. The molecule has 0 aliphatic carbocycles. The summed E-state index contributed by atoms with van der Waals surface area (Å²) in [5.41, 5.74) is 5.02. The molecule has 7 heteroatoms.